The molecule has 12 rings (SSSR count). The summed E-state index contributed by atoms with van der Waals surface area (Å²) >= 11 is 8.97. The van der Waals surface area contributed by atoms with E-state index in [1.54, 1.807) is 22.3 Å². The van der Waals surface area contributed by atoms with Crippen LogP contribution in [0.2, 0.25) is 0 Å². The Kier molecular flexibility index (Phi) is 21.0. The molecule has 2 aliphatic carbocycles. The summed E-state index contributed by atoms with van der Waals surface area (Å²) in [6, 6.07) is 57.2. The number of hydrogen-bond acceptors (Lipinski definition) is 7. The molecule has 0 radical (unpaired) electrons. The average molecular weight is 1240 g/mol. The number of thiophene rings is 4. The van der Waals surface area contributed by atoms with Crippen LogP contribution in [-0.2, 0) is 10.8 Å². The van der Waals surface area contributed by atoms with E-state index < -0.39 is 0 Å². The van der Waals surface area contributed by atoms with Crippen molar-refractivity contribution in [3.05, 3.63) is 168 Å². The molecule has 0 N–H and O–H groups in total. The fourth-order valence-electron chi connectivity index (χ4n) is 15.1. The second-order valence-corrected chi connectivity index (χ2v) is 30.5. The third-order valence-corrected chi connectivity index (χ3v) is 25.2. The summed E-state index contributed by atoms with van der Waals surface area (Å²) in [5, 5.41) is 0. The van der Waals surface area contributed by atoms with E-state index >= 15 is 0 Å². The van der Waals surface area contributed by atoms with Gasteiger partial charge in [-0.05, 0) is 142 Å². The number of rotatable bonds is 34. The Morgan fingerprint density at radius 1 is 0.264 bits per heavy atom. The van der Waals surface area contributed by atoms with Crippen LogP contribution in [0.3, 0.4) is 0 Å². The summed E-state index contributed by atoms with van der Waals surface area (Å²) in [6.07, 6.45) is 37.0. The Labute approximate surface area is 542 Å². The molecule has 0 saturated heterocycles. The first-order valence-corrected chi connectivity index (χ1v) is 38.1. The van der Waals surface area contributed by atoms with Crippen molar-refractivity contribution in [2.75, 3.05) is 0 Å². The number of benzene rings is 5. The third kappa shape index (κ3) is 13.3. The molecule has 7 heteroatoms. The van der Waals surface area contributed by atoms with Crippen LogP contribution in [0.4, 0.5) is 0 Å². The summed E-state index contributed by atoms with van der Waals surface area (Å²) in [5.74, 6) is 0. The standard InChI is InChI=1S/C80H92N2S5/c1-5-9-13-17-21-29-51-79(52-30-22-18-14-10-6-2)65-35-27-25-33-59(65)61-39-37-57(55-67(61)79)69-43-47-73(83-69)75-49-45-71(85-75)63-41-42-64(78-77(63)81-87-82-78)72-46-50-76(86-72)74-48-44-70(84-74)58-38-40-62-60-34-26-28-36-66(60)80(68(62)56-58,53-31-23-19-15-11-7-3)54-32-24-20-16-12-8-4/h25-28,33-50,55-56H,5-24,29-32,51-54H2,1-4H3. The quantitative estimate of drug-likeness (QED) is 0.0376. The summed E-state index contributed by atoms with van der Waals surface area (Å²) in [7, 11) is 0. The number of unbranched alkanes of at least 4 members (excludes halogenated alkanes) is 20. The highest BCUT2D eigenvalue weighted by atomic mass is 32.1. The lowest BCUT2D eigenvalue weighted by Gasteiger charge is -2.33. The van der Waals surface area contributed by atoms with Crippen molar-refractivity contribution in [1.29, 1.82) is 0 Å². The minimum Gasteiger partial charge on any atom is -0.172 e. The van der Waals surface area contributed by atoms with Gasteiger partial charge in [0.15, 0.2) is 0 Å². The molecular weight excluding hydrogens is 1150 g/mol. The van der Waals surface area contributed by atoms with Crippen molar-refractivity contribution in [3.8, 4) is 83.5 Å². The zero-order chi connectivity index (χ0) is 59.4. The zero-order valence-electron chi connectivity index (χ0n) is 52.6. The van der Waals surface area contributed by atoms with E-state index in [1.165, 1.54) is 275 Å². The second kappa shape index (κ2) is 29.6. The Bertz CT molecular complexity index is 3560. The third-order valence-electron chi connectivity index (χ3n) is 19.8. The Hall–Kier alpha value is -5.28. The largest absolute Gasteiger partial charge is 0.172 e. The molecule has 0 unspecified atom stereocenters. The smallest absolute Gasteiger partial charge is 0.114 e. The van der Waals surface area contributed by atoms with E-state index in [0.717, 1.165) is 11.0 Å². The molecule has 0 aliphatic heterocycles. The van der Waals surface area contributed by atoms with Crippen LogP contribution in [0, 0.1) is 0 Å². The van der Waals surface area contributed by atoms with E-state index in [1.807, 2.05) is 45.3 Å². The second-order valence-electron chi connectivity index (χ2n) is 25.6. The van der Waals surface area contributed by atoms with Gasteiger partial charge in [0, 0.05) is 61.0 Å². The van der Waals surface area contributed by atoms with E-state index in [4.69, 9.17) is 8.75 Å². The topological polar surface area (TPSA) is 25.8 Å². The fraction of sp³-hybridized carbons (Fsp3) is 0.425. The van der Waals surface area contributed by atoms with Crippen molar-refractivity contribution in [3.63, 3.8) is 0 Å². The first-order chi connectivity index (χ1) is 43.0. The Morgan fingerprint density at radius 2 is 0.552 bits per heavy atom. The first kappa shape index (κ1) is 61.9. The molecule has 0 saturated carbocycles. The first-order valence-electron chi connectivity index (χ1n) is 34.1. The monoisotopic (exact) mass is 1240 g/mol. The minimum absolute atomic E-state index is 0.0810. The highest BCUT2D eigenvalue weighted by Gasteiger charge is 2.44. The van der Waals surface area contributed by atoms with Gasteiger partial charge in [0.1, 0.15) is 11.0 Å². The van der Waals surface area contributed by atoms with E-state index in [2.05, 4.69) is 173 Å². The van der Waals surface area contributed by atoms with E-state index in [0.29, 0.717) is 0 Å². The van der Waals surface area contributed by atoms with Gasteiger partial charge in [-0.3, -0.25) is 0 Å². The van der Waals surface area contributed by atoms with Gasteiger partial charge in [-0.15, -0.1) is 45.3 Å². The molecule has 87 heavy (non-hydrogen) atoms. The minimum atomic E-state index is 0.0810. The zero-order valence-corrected chi connectivity index (χ0v) is 56.7. The van der Waals surface area contributed by atoms with Crippen LogP contribution < -0.4 is 0 Å². The number of aromatic nitrogens is 2. The molecule has 5 heterocycles. The molecule has 2 nitrogen and oxygen atoms in total. The number of fused-ring (bicyclic) bond motifs is 7. The van der Waals surface area contributed by atoms with Crippen LogP contribution in [-0.4, -0.2) is 8.75 Å². The van der Waals surface area contributed by atoms with Gasteiger partial charge in [-0.1, -0.05) is 267 Å². The average Bonchev–Trinajstić information content (AvgIpc) is 1.61. The molecule has 0 amide bonds. The molecule has 452 valence electrons. The van der Waals surface area contributed by atoms with Gasteiger partial charge in [0.25, 0.3) is 0 Å². The highest BCUT2D eigenvalue weighted by Crippen LogP contribution is 2.58. The van der Waals surface area contributed by atoms with Gasteiger partial charge in [0.2, 0.25) is 0 Å². The van der Waals surface area contributed by atoms with Gasteiger partial charge in [-0.25, -0.2) is 0 Å². The van der Waals surface area contributed by atoms with Crippen LogP contribution in [0.5, 0.6) is 0 Å². The fourth-order valence-corrected chi connectivity index (χ4v) is 19.9. The van der Waals surface area contributed by atoms with Crippen molar-refractivity contribution in [2.45, 2.75) is 218 Å². The van der Waals surface area contributed by atoms with Gasteiger partial charge in [0.05, 0.1) is 11.7 Å². The highest BCUT2D eigenvalue weighted by molar-refractivity contribution is 7.26. The normalized spacial score (nSPS) is 13.6. The van der Waals surface area contributed by atoms with Crippen LogP contribution in [0.15, 0.2) is 146 Å². The lowest BCUT2D eigenvalue weighted by atomic mass is 9.70. The van der Waals surface area contributed by atoms with Crippen LogP contribution >= 0.6 is 57.1 Å². The summed E-state index contributed by atoms with van der Waals surface area (Å²) in [6.45, 7) is 9.31. The molecule has 0 spiro atoms. The lowest BCUT2D eigenvalue weighted by molar-refractivity contribution is 0.398. The maximum atomic E-state index is 4.99. The maximum Gasteiger partial charge on any atom is 0.114 e. The molecule has 10 aromatic rings. The lowest BCUT2D eigenvalue weighted by Crippen LogP contribution is -2.25. The van der Waals surface area contributed by atoms with Crippen molar-refractivity contribution in [1.82, 2.24) is 8.75 Å². The van der Waals surface area contributed by atoms with Crippen molar-refractivity contribution < 1.29 is 0 Å². The van der Waals surface area contributed by atoms with E-state index in [9.17, 15) is 0 Å². The van der Waals surface area contributed by atoms with Crippen LogP contribution in [0.1, 0.15) is 230 Å². The predicted octanol–water partition coefficient (Wildman–Crippen LogP) is 27.5. The summed E-state index contributed by atoms with van der Waals surface area (Å²) in [5.41, 5.74) is 19.4. The molecule has 2 aliphatic rings. The van der Waals surface area contributed by atoms with Crippen molar-refractivity contribution >= 4 is 68.1 Å². The number of hydrogen-bond donors (Lipinski definition) is 0. The van der Waals surface area contributed by atoms with Gasteiger partial charge in [-0.2, -0.15) is 8.75 Å². The number of nitrogens with zero attached hydrogens (tertiary/aromatic N) is 2. The maximum absolute atomic E-state index is 4.99. The summed E-state index contributed by atoms with van der Waals surface area (Å²) in [4.78, 5) is 10.4. The Morgan fingerprint density at radius 3 is 0.920 bits per heavy atom. The predicted molar refractivity (Wildman–Crippen MR) is 386 cm³/mol. The Balaban J connectivity index is 0.765. The van der Waals surface area contributed by atoms with Gasteiger partial charge < -0.3 is 0 Å². The van der Waals surface area contributed by atoms with Gasteiger partial charge >= 0.3 is 0 Å². The SMILES string of the molecule is CCCCCCCCC1(CCCCCCCC)c2ccccc2-c2ccc(-c3ccc(-c4ccc(-c5ccc(-c6ccc(-c7ccc(-c8ccc9c(c8)C(CCCCCCCC)(CCCCCCCC)c8ccccc8-9)s7)s6)c6nsnc56)s4)s3)cc21. The molecule has 0 fully saturated rings. The summed E-state index contributed by atoms with van der Waals surface area (Å²) < 4.78 is 9.98. The molecule has 0 atom stereocenters. The van der Waals surface area contributed by atoms with Crippen molar-refractivity contribution in [2.24, 2.45) is 0 Å². The van der Waals surface area contributed by atoms with Crippen LogP contribution in [0.25, 0.3) is 94.6 Å². The molecule has 5 aromatic carbocycles. The molecular formula is C80H92N2S5. The molecule has 5 aromatic heterocycles. The molecule has 0 bridgehead atoms. The van der Waals surface area contributed by atoms with E-state index in [-0.39, 0.29) is 10.8 Å².